The van der Waals surface area contributed by atoms with E-state index in [2.05, 4.69) is 178 Å². The van der Waals surface area contributed by atoms with E-state index < -0.39 is 0 Å². The Morgan fingerprint density at radius 2 is 0.680 bits per heavy atom. The molecule has 542 valence electrons. The van der Waals surface area contributed by atoms with E-state index in [1.165, 1.54) is 123 Å². The van der Waals surface area contributed by atoms with Crippen molar-refractivity contribution in [3.8, 4) is 45.0 Å². The Morgan fingerprint density at radius 1 is 0.340 bits per heavy atom. The zero-order valence-corrected chi connectivity index (χ0v) is 69.7. The van der Waals surface area contributed by atoms with Crippen LogP contribution >= 0.6 is 0 Å². The molecule has 0 saturated heterocycles. The van der Waals surface area contributed by atoms with Crippen LogP contribution in [-0.4, -0.2) is 63.5 Å². The molecule has 103 heavy (non-hydrogen) atoms. The second kappa shape index (κ2) is 47.2. The molecule has 4 N–H and O–H groups in total. The third kappa shape index (κ3) is 34.1. The van der Waals surface area contributed by atoms with Gasteiger partial charge in [0.1, 0.15) is 0 Å². The van der Waals surface area contributed by atoms with E-state index >= 15 is 0 Å². The molecule has 0 unspecified atom stereocenters. The number of aliphatic hydroxyl groups excluding tert-OH is 4. The second-order valence-corrected chi connectivity index (χ2v) is 24.2. The van der Waals surface area contributed by atoms with Crippen LogP contribution < -0.4 is 0 Å². The molecule has 0 saturated carbocycles. The minimum absolute atomic E-state index is 0. The number of nitrogens with zero attached hydrogens (tertiary/aromatic N) is 4. The van der Waals surface area contributed by atoms with Crippen LogP contribution in [0.1, 0.15) is 98.4 Å². The predicted molar refractivity (Wildman–Crippen MR) is 405 cm³/mol. The van der Waals surface area contributed by atoms with Gasteiger partial charge < -0.3 is 20.4 Å². The Hall–Kier alpha value is -9.16. The standard InChI is InChI=1S/C19H18N.3C16H12N.4C5H8O2.4Ir/c1-19(2,3)16-9-6-8-15(13-16)18-12-11-14-7-4-5-10-17(14)20-18;1-12-6-2-4-8-14(12)16-11-10-13-7-3-5-9-15(13)17-16;1-12-5-4-7-14(11-12)16-10-9-13-6-2-3-8-15(13)17-16;1-12-6-8-14(9-7-12)16-11-10-13-4-2-3-5-15(13)17-16;4*1-4(6)3-5(2)7;;;;/h4-7,9-13H,1-3H3;2-7,9-11H,1H3;2-6,8-11H,1H3;2-8,10-11H,1H3;4*3,6H,1-2H3;;;;/q4*-1;;;;;;;;. The van der Waals surface area contributed by atoms with Crippen LogP contribution in [-0.2, 0) is 105 Å². The number of hydrogen-bond donors (Lipinski definition) is 4. The maximum atomic E-state index is 10.0. The number of aryl methyl sites for hydroxylation is 3. The summed E-state index contributed by atoms with van der Waals surface area (Å²) in [5.74, 6) is -0.250. The molecule has 4 radical (unpaired) electrons. The van der Waals surface area contributed by atoms with Gasteiger partial charge in [-0.05, 0) is 129 Å². The van der Waals surface area contributed by atoms with Crippen molar-refractivity contribution in [1.82, 2.24) is 19.9 Å². The van der Waals surface area contributed by atoms with Crippen LogP contribution in [0.5, 0.6) is 0 Å². The van der Waals surface area contributed by atoms with Crippen LogP contribution in [0.2, 0.25) is 0 Å². The van der Waals surface area contributed by atoms with Crippen molar-refractivity contribution in [1.29, 1.82) is 0 Å². The monoisotopic (exact) mass is 2090 g/mol. The number of fused-ring (bicyclic) bond motifs is 4. The SMILES string of the molecule is CC(=O)C=C(C)O.CC(=O)C=C(C)O.CC(=O)C=C(C)O.CC(=O)C=C(C)O.CC(C)(C)c1cc[c-]c(-c2ccc3ccccc3n2)c1.Cc1c[c-]c(-c2ccc3ccccc3n2)cc1.Cc1cc[c-]c(-c2ccc3ccccc3n2)c1.Cc1ccc[c-]c1-c1ccc2ccccc2n1.[Ir].[Ir].[Ir].[Ir]. The van der Waals surface area contributed by atoms with Gasteiger partial charge in [-0.3, -0.25) is 39.1 Å². The molecule has 4 aromatic heterocycles. The number of aromatic nitrogens is 4. The molecule has 0 atom stereocenters. The molecule has 0 aliphatic carbocycles. The fourth-order valence-electron chi connectivity index (χ4n) is 9.30. The van der Waals surface area contributed by atoms with Gasteiger partial charge in [-0.15, -0.1) is 142 Å². The number of carbonyl (C=O) groups excluding carboxylic acids is 4. The van der Waals surface area contributed by atoms with Crippen LogP contribution in [0.4, 0.5) is 0 Å². The van der Waals surface area contributed by atoms with E-state index in [0.717, 1.165) is 67.1 Å². The van der Waals surface area contributed by atoms with Crippen molar-refractivity contribution in [2.45, 2.75) is 102 Å². The predicted octanol–water partition coefficient (Wildman–Crippen LogP) is 21.2. The Balaban J connectivity index is 0.000000607. The van der Waals surface area contributed by atoms with Gasteiger partial charge in [-0.2, -0.15) is 0 Å². The van der Waals surface area contributed by atoms with Crippen LogP contribution in [0.3, 0.4) is 0 Å². The number of ketones is 4. The largest absolute Gasteiger partial charge is 0.512 e. The summed E-state index contributed by atoms with van der Waals surface area (Å²) in [5.41, 5.74) is 17.4. The quantitative estimate of drug-likeness (QED) is 0.0638. The fraction of sp³-hybridized carbons (Fsp3) is 0.172. The minimum atomic E-state index is -0.125. The zero-order valence-electron chi connectivity index (χ0n) is 60.1. The van der Waals surface area contributed by atoms with Gasteiger partial charge in [0.15, 0.2) is 23.1 Å². The Morgan fingerprint density at radius 3 is 1.00 bits per heavy atom. The van der Waals surface area contributed by atoms with E-state index in [0.29, 0.717) is 0 Å². The molecule has 16 heteroatoms. The first-order chi connectivity index (χ1) is 47.0. The van der Waals surface area contributed by atoms with Crippen LogP contribution in [0.15, 0.2) is 266 Å². The number of pyridine rings is 4. The summed E-state index contributed by atoms with van der Waals surface area (Å²) in [6, 6.07) is 86.9. The summed E-state index contributed by atoms with van der Waals surface area (Å²) in [7, 11) is 0. The molecule has 0 aliphatic rings. The molecule has 12 nitrogen and oxygen atoms in total. The summed E-state index contributed by atoms with van der Waals surface area (Å²) >= 11 is 0. The van der Waals surface area contributed by atoms with Crippen molar-refractivity contribution in [2.75, 3.05) is 0 Å². The Kier molecular flexibility index (Phi) is 42.1. The number of aliphatic hydroxyl groups is 4. The maximum Gasteiger partial charge on any atom is 0.155 e. The minimum Gasteiger partial charge on any atom is -0.512 e. The Labute approximate surface area is 660 Å². The van der Waals surface area contributed by atoms with Gasteiger partial charge in [-0.25, -0.2) is 0 Å². The number of para-hydroxylation sites is 4. The topological polar surface area (TPSA) is 201 Å². The fourth-order valence-corrected chi connectivity index (χ4v) is 9.30. The summed E-state index contributed by atoms with van der Waals surface area (Å²) < 4.78 is 0. The van der Waals surface area contributed by atoms with E-state index in [9.17, 15) is 19.2 Å². The zero-order chi connectivity index (χ0) is 72.6. The summed E-state index contributed by atoms with van der Waals surface area (Å²) in [4.78, 5) is 58.8. The third-order valence-electron chi connectivity index (χ3n) is 13.8. The molecule has 4 heterocycles. The average molecular weight is 2080 g/mol. The van der Waals surface area contributed by atoms with Gasteiger partial charge in [0.25, 0.3) is 0 Å². The first kappa shape index (κ1) is 91.8. The van der Waals surface area contributed by atoms with Gasteiger partial charge in [0, 0.05) is 105 Å². The molecule has 0 spiro atoms. The van der Waals surface area contributed by atoms with Crippen LogP contribution in [0, 0.1) is 45.0 Å². The number of carbonyl (C=O) groups is 4. The van der Waals surface area contributed by atoms with Gasteiger partial charge >= 0.3 is 0 Å². The maximum absolute atomic E-state index is 10.0. The molecule has 0 bridgehead atoms. The Bertz CT molecular complexity index is 4700. The molecule has 0 amide bonds. The van der Waals surface area contributed by atoms with Gasteiger partial charge in [0.05, 0.1) is 45.1 Å². The first-order valence-electron chi connectivity index (χ1n) is 32.0. The van der Waals surface area contributed by atoms with Crippen molar-refractivity contribution >= 4 is 66.7 Å². The van der Waals surface area contributed by atoms with E-state index in [-0.39, 0.29) is 132 Å². The molecule has 8 aromatic carbocycles. The number of rotatable bonds is 8. The van der Waals surface area contributed by atoms with Crippen LogP contribution in [0.25, 0.3) is 88.6 Å². The van der Waals surface area contributed by atoms with Crippen molar-refractivity contribution in [3.05, 3.63) is 312 Å². The molecule has 0 aliphatic heterocycles. The number of allylic oxidation sites excluding steroid dienone is 8. The van der Waals surface area contributed by atoms with E-state index in [1.54, 1.807) is 0 Å². The third-order valence-corrected chi connectivity index (χ3v) is 13.8. The first-order valence-corrected chi connectivity index (χ1v) is 32.0. The molecular weight excluding hydrogens is 2000 g/mol. The summed E-state index contributed by atoms with van der Waals surface area (Å²) in [6.07, 6.45) is 4.67. The smallest absolute Gasteiger partial charge is 0.155 e. The summed E-state index contributed by atoms with van der Waals surface area (Å²) in [5, 5.41) is 38.1. The normalized spacial score (nSPS) is 10.7. The van der Waals surface area contributed by atoms with Crippen molar-refractivity contribution < 1.29 is 120 Å². The van der Waals surface area contributed by atoms with Crippen molar-refractivity contribution in [2.24, 2.45) is 0 Å². The van der Waals surface area contributed by atoms with Crippen molar-refractivity contribution in [3.63, 3.8) is 0 Å². The molecular formula is C87H86Ir4N4O8-4. The molecule has 12 rings (SSSR count). The number of hydrogen-bond acceptors (Lipinski definition) is 12. The molecule has 0 fully saturated rings. The van der Waals surface area contributed by atoms with Gasteiger partial charge in [-0.1, -0.05) is 163 Å². The second-order valence-electron chi connectivity index (χ2n) is 24.2. The average Bonchev–Trinajstić information content (AvgIpc) is 0.841. The summed E-state index contributed by atoms with van der Waals surface area (Å²) in [6.45, 7) is 24.3. The van der Waals surface area contributed by atoms with E-state index in [4.69, 9.17) is 25.4 Å². The molecule has 12 aromatic rings. The van der Waals surface area contributed by atoms with E-state index in [1.807, 2.05) is 121 Å². The van der Waals surface area contributed by atoms with Gasteiger partial charge in [0.2, 0.25) is 0 Å². The number of benzene rings is 8.